The summed E-state index contributed by atoms with van der Waals surface area (Å²) in [5.74, 6) is -1.33. The molecule has 4 rings (SSSR count). The summed E-state index contributed by atoms with van der Waals surface area (Å²) in [6.45, 7) is 0. The molecule has 1 aromatic heterocycles. The number of aromatic nitrogens is 1. The number of carbonyl (C=O) groups excluding carboxylic acids is 2. The lowest BCUT2D eigenvalue weighted by Gasteiger charge is -2.17. The van der Waals surface area contributed by atoms with Gasteiger partial charge in [0.2, 0.25) is 0 Å². The monoisotopic (exact) mass is 485 g/mol. The fraction of sp³-hybridized carbons (Fsp3) is 0.261. The molecule has 3 N–H and O–H groups in total. The van der Waals surface area contributed by atoms with E-state index in [-0.39, 0.29) is 15.6 Å². The number of nitrogens with zero attached hydrogens (tertiary/aromatic N) is 1. The summed E-state index contributed by atoms with van der Waals surface area (Å²) < 4.78 is 19.8. The van der Waals surface area contributed by atoms with Crippen molar-refractivity contribution in [3.05, 3.63) is 63.5 Å². The van der Waals surface area contributed by atoms with Gasteiger partial charge < -0.3 is 15.8 Å². The summed E-state index contributed by atoms with van der Waals surface area (Å²) in [5, 5.41) is 3.60. The number of methoxy groups -OCH3 is 1. The first-order valence-corrected chi connectivity index (χ1v) is 10.7. The molecule has 1 aliphatic rings. The van der Waals surface area contributed by atoms with Crippen molar-refractivity contribution in [3.63, 3.8) is 0 Å². The lowest BCUT2D eigenvalue weighted by atomic mass is 9.95. The summed E-state index contributed by atoms with van der Waals surface area (Å²) in [7, 11) is 1.33. The zero-order chi connectivity index (χ0) is 22.1. The quantitative estimate of drug-likeness (QED) is 0.470. The van der Waals surface area contributed by atoms with Crippen molar-refractivity contribution in [3.8, 4) is 0 Å². The average Bonchev–Trinajstić information content (AvgIpc) is 3.30. The Hall–Kier alpha value is -3.00. The second-order valence-electron chi connectivity index (χ2n) is 7.61. The third-order valence-corrected chi connectivity index (χ3v) is 6.28. The van der Waals surface area contributed by atoms with Gasteiger partial charge in [0.25, 0.3) is 5.91 Å². The number of anilines is 2. The van der Waals surface area contributed by atoms with Crippen molar-refractivity contribution < 1.29 is 18.7 Å². The molecule has 160 valence electrons. The van der Waals surface area contributed by atoms with Crippen LogP contribution in [0.1, 0.15) is 57.9 Å². The predicted octanol–water partition coefficient (Wildman–Crippen LogP) is 5.42. The number of nitrogens with two attached hydrogens (primary N) is 1. The van der Waals surface area contributed by atoms with Crippen LogP contribution in [0, 0.1) is 5.82 Å². The van der Waals surface area contributed by atoms with Gasteiger partial charge in [-0.25, -0.2) is 9.18 Å². The van der Waals surface area contributed by atoms with Crippen LogP contribution in [0.3, 0.4) is 0 Å². The van der Waals surface area contributed by atoms with E-state index in [1.165, 1.54) is 13.3 Å². The number of ether oxygens (including phenoxy) is 1. The highest BCUT2D eigenvalue weighted by atomic mass is 79.9. The topological polar surface area (TPSA) is 94.3 Å². The van der Waals surface area contributed by atoms with E-state index in [2.05, 4.69) is 26.2 Å². The highest BCUT2D eigenvalue weighted by Gasteiger charge is 2.21. The Morgan fingerprint density at radius 2 is 1.97 bits per heavy atom. The molecule has 1 heterocycles. The average molecular weight is 486 g/mol. The summed E-state index contributed by atoms with van der Waals surface area (Å²) in [5.41, 5.74) is 8.14. The second-order valence-corrected chi connectivity index (χ2v) is 8.46. The van der Waals surface area contributed by atoms with Crippen LogP contribution in [0.15, 0.2) is 41.0 Å². The Kier molecular flexibility index (Phi) is 5.91. The lowest BCUT2D eigenvalue weighted by Crippen LogP contribution is -2.14. The summed E-state index contributed by atoms with van der Waals surface area (Å²) in [6.07, 6.45) is 5.64. The normalized spacial score (nSPS) is 14.0. The highest BCUT2D eigenvalue weighted by Crippen LogP contribution is 2.38. The second kappa shape index (κ2) is 8.63. The molecule has 0 spiro atoms. The number of primary amides is 1. The van der Waals surface area contributed by atoms with Crippen molar-refractivity contribution in [1.29, 1.82) is 0 Å². The third-order valence-electron chi connectivity index (χ3n) is 5.67. The molecule has 3 aromatic rings. The van der Waals surface area contributed by atoms with Gasteiger partial charge in [0.15, 0.2) is 5.82 Å². The third kappa shape index (κ3) is 4.12. The maximum atomic E-state index is 14.6. The Morgan fingerprint density at radius 3 is 2.65 bits per heavy atom. The largest absolute Gasteiger partial charge is 0.465 e. The number of esters is 1. The maximum Gasteiger partial charge on any atom is 0.337 e. The van der Waals surface area contributed by atoms with Gasteiger partial charge in [-0.05, 0) is 70.6 Å². The van der Waals surface area contributed by atoms with Crippen molar-refractivity contribution in [1.82, 2.24) is 4.98 Å². The first-order chi connectivity index (χ1) is 14.9. The van der Waals surface area contributed by atoms with Crippen molar-refractivity contribution in [2.45, 2.75) is 31.6 Å². The van der Waals surface area contributed by atoms with E-state index in [1.54, 1.807) is 18.2 Å². The molecule has 0 atom stereocenters. The van der Waals surface area contributed by atoms with Gasteiger partial charge in [0.1, 0.15) is 5.52 Å². The van der Waals surface area contributed by atoms with E-state index in [1.807, 2.05) is 12.1 Å². The zero-order valence-corrected chi connectivity index (χ0v) is 18.5. The molecule has 0 aliphatic heterocycles. The maximum absolute atomic E-state index is 14.6. The lowest BCUT2D eigenvalue weighted by molar-refractivity contribution is 0.0600. The Morgan fingerprint density at radius 1 is 1.23 bits per heavy atom. The molecule has 8 heteroatoms. The van der Waals surface area contributed by atoms with E-state index in [0.29, 0.717) is 28.2 Å². The number of halogens is 2. The van der Waals surface area contributed by atoms with Crippen molar-refractivity contribution in [2.75, 3.05) is 12.4 Å². The van der Waals surface area contributed by atoms with Crippen LogP contribution in [0.4, 0.5) is 15.8 Å². The number of nitrogens with one attached hydrogen (secondary N) is 1. The minimum Gasteiger partial charge on any atom is -0.465 e. The van der Waals surface area contributed by atoms with Crippen LogP contribution in [0.2, 0.25) is 0 Å². The molecule has 31 heavy (non-hydrogen) atoms. The molecular weight excluding hydrogens is 465 g/mol. The standard InChI is InChI=1S/C23H21BrFN3O3/c1-31-23(30)14-8-13(12-4-2-3-5-12)9-15(10-14)28-20-16-6-7-18(24)19(25)21(16)27-11-17(20)22(26)29/h6-12H,2-5H2,1H3,(H2,26,29)(H,27,28). The molecule has 1 aliphatic carbocycles. The molecule has 1 saturated carbocycles. The number of carbonyl (C=O) groups is 2. The van der Waals surface area contributed by atoms with Gasteiger partial charge >= 0.3 is 5.97 Å². The number of amides is 1. The number of benzene rings is 2. The van der Waals surface area contributed by atoms with Crippen LogP contribution < -0.4 is 11.1 Å². The molecule has 1 amide bonds. The number of fused-ring (bicyclic) bond motifs is 1. The van der Waals surface area contributed by atoms with Gasteiger partial charge in [0.05, 0.1) is 28.4 Å². The van der Waals surface area contributed by atoms with Crippen LogP contribution in [0.5, 0.6) is 0 Å². The highest BCUT2D eigenvalue weighted by molar-refractivity contribution is 9.10. The van der Waals surface area contributed by atoms with Gasteiger partial charge in [-0.15, -0.1) is 0 Å². The fourth-order valence-electron chi connectivity index (χ4n) is 4.13. The molecule has 0 bridgehead atoms. The van der Waals surface area contributed by atoms with Crippen LogP contribution in [0.25, 0.3) is 10.9 Å². The van der Waals surface area contributed by atoms with Gasteiger partial charge in [-0.1, -0.05) is 12.8 Å². The number of hydrogen-bond acceptors (Lipinski definition) is 5. The van der Waals surface area contributed by atoms with Crippen LogP contribution in [-0.2, 0) is 4.74 Å². The molecule has 0 radical (unpaired) electrons. The van der Waals surface area contributed by atoms with Crippen molar-refractivity contribution in [2.24, 2.45) is 5.73 Å². The molecule has 0 unspecified atom stereocenters. The number of hydrogen-bond donors (Lipinski definition) is 2. The van der Waals surface area contributed by atoms with Crippen molar-refractivity contribution >= 4 is 50.1 Å². The summed E-state index contributed by atoms with van der Waals surface area (Å²) >= 11 is 3.16. The number of rotatable bonds is 5. The first-order valence-electron chi connectivity index (χ1n) is 9.96. The van der Waals surface area contributed by atoms with Gasteiger partial charge in [-0.3, -0.25) is 9.78 Å². The summed E-state index contributed by atoms with van der Waals surface area (Å²) in [6, 6.07) is 8.66. The van der Waals surface area contributed by atoms with E-state index < -0.39 is 17.7 Å². The molecule has 6 nitrogen and oxygen atoms in total. The number of pyridine rings is 1. The van der Waals surface area contributed by atoms with Crippen LogP contribution >= 0.6 is 15.9 Å². The first kappa shape index (κ1) is 21.2. The molecule has 0 saturated heterocycles. The Labute approximate surface area is 187 Å². The minimum atomic E-state index is -0.694. The predicted molar refractivity (Wildman–Crippen MR) is 120 cm³/mol. The van der Waals surface area contributed by atoms with Gasteiger partial charge in [-0.2, -0.15) is 0 Å². The summed E-state index contributed by atoms with van der Waals surface area (Å²) in [4.78, 5) is 28.4. The zero-order valence-electron chi connectivity index (χ0n) is 16.9. The minimum absolute atomic E-state index is 0.0991. The van der Waals surface area contributed by atoms with E-state index in [4.69, 9.17) is 10.5 Å². The van der Waals surface area contributed by atoms with Crippen LogP contribution in [-0.4, -0.2) is 24.0 Å². The van der Waals surface area contributed by atoms with E-state index in [0.717, 1.165) is 31.2 Å². The SMILES string of the molecule is COC(=O)c1cc(Nc2c(C(N)=O)cnc3c(F)c(Br)ccc23)cc(C2CCCC2)c1. The smallest absolute Gasteiger partial charge is 0.337 e. The van der Waals surface area contributed by atoms with Gasteiger partial charge in [0, 0.05) is 17.3 Å². The Balaban J connectivity index is 1.87. The Bertz CT molecular complexity index is 1190. The van der Waals surface area contributed by atoms with E-state index >= 15 is 0 Å². The fourth-order valence-corrected chi connectivity index (χ4v) is 4.45. The molecule has 2 aromatic carbocycles. The molecule has 1 fully saturated rings. The van der Waals surface area contributed by atoms with E-state index in [9.17, 15) is 14.0 Å². The molecular formula is C23H21BrFN3O3.